The van der Waals surface area contributed by atoms with E-state index in [1.807, 2.05) is 139 Å². The Bertz CT molecular complexity index is 4220. The molecule has 0 aliphatic carbocycles. The maximum Gasteiger partial charge on any atom is 0.494 e. The molecule has 11 rings (SSSR count). The van der Waals surface area contributed by atoms with Crippen molar-refractivity contribution >= 4 is 154 Å². The van der Waals surface area contributed by atoms with E-state index >= 15 is 0 Å². The van der Waals surface area contributed by atoms with E-state index in [-0.39, 0.29) is 25.0 Å². The molecule has 1 aliphatic heterocycles. The summed E-state index contributed by atoms with van der Waals surface area (Å²) >= 11 is 18.2. The maximum absolute atomic E-state index is 13.8. The van der Waals surface area contributed by atoms with Gasteiger partial charge in [0.15, 0.2) is 17.9 Å². The lowest BCUT2D eigenvalue weighted by Crippen LogP contribution is -2.41. The van der Waals surface area contributed by atoms with Gasteiger partial charge in [0, 0.05) is 82.2 Å². The van der Waals surface area contributed by atoms with E-state index < -0.39 is 64.3 Å². The Balaban J connectivity index is 0.000000199. The molecule has 1 aliphatic rings. The number of thiocarbonyl (C=S) groups is 1. The highest BCUT2D eigenvalue weighted by Gasteiger charge is 2.51. The molecular formula is C76H75BBrF4I3N4O7S3. The van der Waals surface area contributed by atoms with E-state index in [9.17, 15) is 31.9 Å². The molecular weight excluding hydrogens is 1720 g/mol. The molecule has 518 valence electrons. The van der Waals surface area contributed by atoms with Gasteiger partial charge in [-0.2, -0.15) is 0 Å². The molecule has 11 nitrogen and oxygen atoms in total. The third kappa shape index (κ3) is 24.3. The normalized spacial score (nSPS) is 12.4. The fourth-order valence-corrected chi connectivity index (χ4v) is 12.5. The number of aromatic nitrogens is 2. The summed E-state index contributed by atoms with van der Waals surface area (Å²) in [5.74, 6) is -4.89. The van der Waals surface area contributed by atoms with Crippen molar-refractivity contribution in [3.63, 3.8) is 0 Å². The number of carbonyl (C=O) groups is 3. The van der Waals surface area contributed by atoms with Crippen LogP contribution in [0.4, 0.5) is 17.6 Å². The number of hydrogen-bond donors (Lipinski definition) is 2. The lowest BCUT2D eigenvalue weighted by atomic mass is 9.78. The summed E-state index contributed by atoms with van der Waals surface area (Å²) in [5.41, 5.74) is 21.6. The van der Waals surface area contributed by atoms with Crippen LogP contribution in [0, 0.1) is 61.7 Å². The molecule has 1 amide bonds. The molecule has 99 heavy (non-hydrogen) atoms. The number of nitrogens with zero attached hydrogens (tertiary/aromatic N) is 2. The van der Waals surface area contributed by atoms with Gasteiger partial charge in [-0.25, -0.2) is 27.5 Å². The Morgan fingerprint density at radius 2 is 0.939 bits per heavy atom. The standard InChI is InChI=1S/C24H17F2NOS.C20H21BF2O3.C10H8INS.C8H8INO.C8H8INS.C6H13BrO2/c1-15-5-8-18(24-27-11-12-29-24)14-19(15)17-9-6-16(7-10-17)13-22(28)23-20(25)3-2-4-21(23)26;1-19(2)20(3,4)26-21(25-19)14-10-8-13(9-11-14)12-17(24)18-15(22)6-5-7-16(18)23;1-7-2-3-8(6-9(7)11)10-12-4-5-13-10;2*1-5-2-3-6(8(10)11)4-7(5)9;1-3-8-6(5-7)9-4-2/h2-12,14H,13H2,1H3;5-11H,12H2,1-4H3;2-6H,1H3;2*2-4H,1H3,(H2,10,11);6H,3-5H2,1-2H3. The Labute approximate surface area is 640 Å². The maximum atomic E-state index is 13.8. The number of halogens is 8. The number of rotatable bonds is 17. The lowest BCUT2D eigenvalue weighted by Gasteiger charge is -2.32. The molecule has 0 saturated carbocycles. The topological polar surface area (TPSA) is 166 Å². The average molecular weight is 1800 g/mol. The molecule has 0 bridgehead atoms. The van der Waals surface area contributed by atoms with Crippen molar-refractivity contribution < 1.29 is 50.7 Å². The SMILES string of the molecule is CC1(C)OB(c2ccc(CC(=O)c3c(F)cccc3F)cc2)OC1(C)C.CCOC(CBr)OCC.Cc1ccc(-c2nccs2)cc1-c1ccc(CC(=O)c2c(F)cccc2F)cc1.Cc1ccc(-c2nccs2)cc1I.Cc1ccc(C(N)=O)cc1I.Cc1ccc(C(N)=S)cc1I. The van der Waals surface area contributed by atoms with Crippen LogP contribution in [-0.2, 0) is 31.6 Å². The number of benzene rings is 8. The molecule has 1 fully saturated rings. The smallest absolute Gasteiger partial charge is 0.399 e. The van der Waals surface area contributed by atoms with E-state index in [0.29, 0.717) is 34.9 Å². The summed E-state index contributed by atoms with van der Waals surface area (Å²) in [6.45, 7) is 21.4. The second kappa shape index (κ2) is 39.4. The van der Waals surface area contributed by atoms with Crippen LogP contribution in [0.15, 0.2) is 181 Å². The highest BCUT2D eigenvalue weighted by Crippen LogP contribution is 2.37. The van der Waals surface area contributed by atoms with Crippen molar-refractivity contribution in [3.05, 3.63) is 270 Å². The second-order valence-electron chi connectivity index (χ2n) is 23.2. The average Bonchev–Trinajstić information content (AvgIpc) is 1.65. The Morgan fingerprint density at radius 3 is 1.32 bits per heavy atom. The van der Waals surface area contributed by atoms with E-state index in [1.165, 1.54) is 36.0 Å². The van der Waals surface area contributed by atoms with Crippen LogP contribution < -0.4 is 16.9 Å². The van der Waals surface area contributed by atoms with Crippen molar-refractivity contribution in [3.8, 4) is 32.3 Å². The van der Waals surface area contributed by atoms with E-state index in [0.717, 1.165) is 82.0 Å². The van der Waals surface area contributed by atoms with Crippen LogP contribution in [0.3, 0.4) is 0 Å². The van der Waals surface area contributed by atoms with Crippen LogP contribution in [0.2, 0.25) is 0 Å². The van der Waals surface area contributed by atoms with Crippen molar-refractivity contribution in [1.29, 1.82) is 0 Å². The van der Waals surface area contributed by atoms with Gasteiger partial charge < -0.3 is 30.2 Å². The van der Waals surface area contributed by atoms with Gasteiger partial charge in [0.25, 0.3) is 0 Å². The first-order valence-electron chi connectivity index (χ1n) is 31.0. The number of ketones is 2. The molecule has 1 saturated heterocycles. The van der Waals surface area contributed by atoms with Gasteiger partial charge in [0.1, 0.15) is 38.3 Å². The number of alkyl halides is 1. The fourth-order valence-electron chi connectivity index (χ4n) is 9.18. The van der Waals surface area contributed by atoms with E-state index in [1.54, 1.807) is 53.1 Å². The Kier molecular flexibility index (Phi) is 32.7. The summed E-state index contributed by atoms with van der Waals surface area (Å²) in [6, 6.07) is 45.5. The van der Waals surface area contributed by atoms with Gasteiger partial charge in [-0.15, -0.1) is 22.7 Å². The van der Waals surface area contributed by atoms with Crippen LogP contribution in [0.1, 0.15) is 112 Å². The molecule has 0 unspecified atom stereocenters. The number of carbonyl (C=O) groups excluding carboxylic acids is 3. The van der Waals surface area contributed by atoms with Gasteiger partial charge in [-0.05, 0) is 242 Å². The number of hydrogen-bond acceptors (Lipinski definition) is 12. The molecule has 10 aromatic rings. The minimum absolute atomic E-state index is 0.0593. The number of thiazole rings is 2. The molecule has 0 atom stereocenters. The van der Waals surface area contributed by atoms with Crippen molar-refractivity contribution in [2.45, 2.75) is 99.6 Å². The van der Waals surface area contributed by atoms with E-state index in [4.69, 9.17) is 42.5 Å². The molecule has 0 radical (unpaired) electrons. The molecule has 2 aromatic heterocycles. The molecule has 3 heterocycles. The van der Waals surface area contributed by atoms with Crippen LogP contribution in [0.25, 0.3) is 32.3 Å². The zero-order chi connectivity index (χ0) is 72.7. The highest BCUT2D eigenvalue weighted by atomic mass is 127. The lowest BCUT2D eigenvalue weighted by molar-refractivity contribution is -0.119. The van der Waals surface area contributed by atoms with Gasteiger partial charge >= 0.3 is 7.12 Å². The summed E-state index contributed by atoms with van der Waals surface area (Å²) in [6.07, 6.45) is 3.41. The fraction of sp³-hybridized carbons (Fsp3) is 0.237. The Morgan fingerprint density at radius 1 is 0.556 bits per heavy atom. The molecule has 4 N–H and O–H groups in total. The van der Waals surface area contributed by atoms with Gasteiger partial charge in [-0.1, -0.05) is 131 Å². The molecule has 8 aromatic carbocycles. The number of amides is 1. The predicted octanol–water partition coefficient (Wildman–Crippen LogP) is 19.6. The quantitative estimate of drug-likeness (QED) is 0.0169. The number of Topliss-reactive ketones (excluding diaryl/α,β-unsaturated/α-hetero) is 2. The summed E-state index contributed by atoms with van der Waals surface area (Å²) < 4.78 is 81.0. The van der Waals surface area contributed by atoms with Crippen molar-refractivity contribution in [2.75, 3.05) is 18.5 Å². The third-order valence-corrected chi connectivity index (χ3v) is 21.4. The van der Waals surface area contributed by atoms with E-state index in [2.05, 4.69) is 138 Å². The number of primary amides is 1. The highest BCUT2D eigenvalue weighted by molar-refractivity contribution is 14.1. The van der Waals surface area contributed by atoms with Crippen molar-refractivity contribution in [2.24, 2.45) is 11.5 Å². The number of ether oxygens (including phenoxy) is 2. The van der Waals surface area contributed by atoms with Crippen LogP contribution >= 0.6 is 119 Å². The summed E-state index contributed by atoms with van der Waals surface area (Å²) in [5, 5.41) is 6.74. The predicted molar refractivity (Wildman–Crippen MR) is 427 cm³/mol. The minimum Gasteiger partial charge on any atom is -0.399 e. The number of aryl methyl sites for hydroxylation is 4. The summed E-state index contributed by atoms with van der Waals surface area (Å²) in [4.78, 5) is 44.4. The minimum atomic E-state index is -0.844. The Hall–Kier alpha value is -5.99. The van der Waals surface area contributed by atoms with Gasteiger partial charge in [0.05, 0.1) is 27.7 Å². The van der Waals surface area contributed by atoms with Gasteiger partial charge in [0.2, 0.25) is 5.91 Å². The third-order valence-electron chi connectivity index (χ3n) is 15.5. The summed E-state index contributed by atoms with van der Waals surface area (Å²) in [7, 11) is -0.492. The van der Waals surface area contributed by atoms with Crippen LogP contribution in [-0.4, -0.2) is 75.6 Å². The first-order chi connectivity index (χ1) is 47.0. The van der Waals surface area contributed by atoms with Crippen LogP contribution in [0.5, 0.6) is 0 Å². The zero-order valence-electron chi connectivity index (χ0n) is 56.2. The first kappa shape index (κ1) is 82.0. The zero-order valence-corrected chi connectivity index (χ0v) is 66.7. The monoisotopic (exact) mass is 1800 g/mol. The largest absolute Gasteiger partial charge is 0.494 e. The number of nitrogens with two attached hydrogens (primary N) is 2. The van der Waals surface area contributed by atoms with Crippen molar-refractivity contribution in [1.82, 2.24) is 9.97 Å². The molecule has 23 heteroatoms. The molecule has 0 spiro atoms. The second-order valence-corrected chi connectivity index (χ2v) is 29.6. The first-order valence-corrected chi connectivity index (χ1v) is 37.6. The van der Waals surface area contributed by atoms with Gasteiger partial charge in [-0.3, -0.25) is 14.4 Å².